The van der Waals surface area contributed by atoms with E-state index >= 15 is 0 Å². The fourth-order valence-electron chi connectivity index (χ4n) is 4.43. The third kappa shape index (κ3) is 4.77. The zero-order chi connectivity index (χ0) is 22.9. The van der Waals surface area contributed by atoms with Gasteiger partial charge in [-0.25, -0.2) is 4.79 Å². The molecule has 2 amide bonds. The minimum Gasteiger partial charge on any atom is -0.481 e. The van der Waals surface area contributed by atoms with E-state index in [-0.39, 0.29) is 30.8 Å². The molecular formula is C25H28N2O5. The van der Waals surface area contributed by atoms with Crippen LogP contribution in [0, 0.1) is 5.92 Å². The molecule has 2 aromatic rings. The maximum Gasteiger partial charge on any atom is 0.407 e. The van der Waals surface area contributed by atoms with E-state index in [1.54, 1.807) is 13.8 Å². The Morgan fingerprint density at radius 2 is 1.59 bits per heavy atom. The van der Waals surface area contributed by atoms with Crippen molar-refractivity contribution >= 4 is 18.0 Å². The van der Waals surface area contributed by atoms with E-state index in [0.29, 0.717) is 0 Å². The molecule has 1 fully saturated rings. The topological polar surface area (TPSA) is 105 Å². The predicted molar refractivity (Wildman–Crippen MR) is 119 cm³/mol. The molecule has 2 aliphatic rings. The maximum atomic E-state index is 12.8. The van der Waals surface area contributed by atoms with Crippen LogP contribution in [0.3, 0.4) is 0 Å². The standard InChI is InChI=1S/C25H28N2O5/c1-25(2,13-21(28)29)27-23(30)22(15-11-12-15)26-24(31)32-14-20-18-9-5-3-7-16(18)17-8-4-6-10-19(17)20/h3-10,15,20,22H,11-14H2,1-2H3,(H,26,31)(H,27,30)(H,28,29). The van der Waals surface area contributed by atoms with Gasteiger partial charge in [0.25, 0.3) is 0 Å². The molecular weight excluding hydrogens is 408 g/mol. The number of alkyl carbamates (subject to hydrolysis) is 1. The number of carbonyl (C=O) groups is 3. The summed E-state index contributed by atoms with van der Waals surface area (Å²) in [5, 5.41) is 14.5. The van der Waals surface area contributed by atoms with Gasteiger partial charge in [-0.15, -0.1) is 0 Å². The number of carbonyl (C=O) groups excluding carboxylic acids is 2. The zero-order valence-electron chi connectivity index (χ0n) is 18.3. The second-order valence-corrected chi connectivity index (χ2v) is 9.23. The Morgan fingerprint density at radius 3 is 2.12 bits per heavy atom. The van der Waals surface area contributed by atoms with Crippen molar-refractivity contribution in [2.24, 2.45) is 5.92 Å². The van der Waals surface area contributed by atoms with Gasteiger partial charge in [0.05, 0.1) is 6.42 Å². The van der Waals surface area contributed by atoms with Gasteiger partial charge in [0.15, 0.2) is 0 Å². The Hall–Kier alpha value is -3.35. The van der Waals surface area contributed by atoms with Crippen molar-refractivity contribution in [3.05, 3.63) is 59.7 Å². The average molecular weight is 437 g/mol. The third-order valence-corrected chi connectivity index (χ3v) is 6.05. The highest BCUT2D eigenvalue weighted by atomic mass is 16.5. The van der Waals surface area contributed by atoms with Crippen LogP contribution >= 0.6 is 0 Å². The molecule has 2 aromatic carbocycles. The maximum absolute atomic E-state index is 12.8. The number of hydrogen-bond donors (Lipinski definition) is 3. The van der Waals surface area contributed by atoms with Crippen LogP contribution in [0.4, 0.5) is 4.79 Å². The van der Waals surface area contributed by atoms with Gasteiger partial charge in [-0.05, 0) is 54.9 Å². The van der Waals surface area contributed by atoms with Crippen LogP contribution < -0.4 is 10.6 Å². The van der Waals surface area contributed by atoms with Crippen LogP contribution in [0.15, 0.2) is 48.5 Å². The summed E-state index contributed by atoms with van der Waals surface area (Å²) < 4.78 is 5.57. The number of aliphatic carboxylic acids is 1. The first-order valence-corrected chi connectivity index (χ1v) is 10.9. The first-order chi connectivity index (χ1) is 15.2. The van der Waals surface area contributed by atoms with Gasteiger partial charge in [0.1, 0.15) is 12.6 Å². The Balaban J connectivity index is 1.40. The third-order valence-electron chi connectivity index (χ3n) is 6.05. The van der Waals surface area contributed by atoms with Crippen LogP contribution in [-0.2, 0) is 14.3 Å². The summed E-state index contributed by atoms with van der Waals surface area (Å²) in [5.41, 5.74) is 3.61. The van der Waals surface area contributed by atoms with Crippen molar-refractivity contribution in [2.45, 2.75) is 50.6 Å². The van der Waals surface area contributed by atoms with Gasteiger partial charge in [-0.1, -0.05) is 48.5 Å². The van der Waals surface area contributed by atoms with E-state index in [0.717, 1.165) is 35.1 Å². The molecule has 7 heteroatoms. The lowest BCUT2D eigenvalue weighted by Gasteiger charge is -2.27. The summed E-state index contributed by atoms with van der Waals surface area (Å²) in [6.07, 6.45) is 0.818. The molecule has 1 saturated carbocycles. The number of carboxylic acids is 1. The lowest BCUT2D eigenvalue weighted by molar-refractivity contribution is -0.138. The van der Waals surface area contributed by atoms with Crippen molar-refractivity contribution in [2.75, 3.05) is 6.61 Å². The van der Waals surface area contributed by atoms with Crippen LogP contribution in [-0.4, -0.2) is 41.3 Å². The Bertz CT molecular complexity index is 999. The molecule has 0 spiro atoms. The summed E-state index contributed by atoms with van der Waals surface area (Å²) >= 11 is 0. The summed E-state index contributed by atoms with van der Waals surface area (Å²) in [6, 6.07) is 15.4. The molecule has 7 nitrogen and oxygen atoms in total. The minimum atomic E-state index is -0.997. The average Bonchev–Trinajstić information content (AvgIpc) is 3.51. The minimum absolute atomic E-state index is 0.0381. The Morgan fingerprint density at radius 1 is 1.03 bits per heavy atom. The molecule has 3 N–H and O–H groups in total. The quantitative estimate of drug-likeness (QED) is 0.586. The number of nitrogens with one attached hydrogen (secondary N) is 2. The van der Waals surface area contributed by atoms with Crippen LogP contribution in [0.2, 0.25) is 0 Å². The van der Waals surface area contributed by atoms with E-state index in [1.165, 1.54) is 0 Å². The second-order valence-electron chi connectivity index (χ2n) is 9.23. The fraction of sp³-hybridized carbons (Fsp3) is 0.400. The molecule has 0 heterocycles. The van der Waals surface area contributed by atoms with Gasteiger partial charge in [-0.3, -0.25) is 9.59 Å². The van der Waals surface area contributed by atoms with Crippen molar-refractivity contribution in [3.8, 4) is 11.1 Å². The molecule has 168 valence electrons. The highest BCUT2D eigenvalue weighted by Gasteiger charge is 2.40. The monoisotopic (exact) mass is 436 g/mol. The highest BCUT2D eigenvalue weighted by Crippen LogP contribution is 2.44. The molecule has 1 unspecified atom stereocenters. The van der Waals surface area contributed by atoms with Gasteiger partial charge >= 0.3 is 12.1 Å². The van der Waals surface area contributed by atoms with Gasteiger partial charge in [-0.2, -0.15) is 0 Å². The van der Waals surface area contributed by atoms with E-state index in [1.807, 2.05) is 36.4 Å². The van der Waals surface area contributed by atoms with Crippen molar-refractivity contribution in [3.63, 3.8) is 0 Å². The predicted octanol–water partition coefficient (Wildman–Crippen LogP) is 3.67. The fourth-order valence-corrected chi connectivity index (χ4v) is 4.43. The second kappa shape index (κ2) is 8.65. The highest BCUT2D eigenvalue weighted by molar-refractivity contribution is 5.87. The van der Waals surface area contributed by atoms with E-state index in [4.69, 9.17) is 9.84 Å². The molecule has 2 aliphatic carbocycles. The summed E-state index contributed by atoms with van der Waals surface area (Å²) in [4.78, 5) is 36.4. The first kappa shape index (κ1) is 21.9. The number of carboxylic acid groups (broad SMARTS) is 1. The molecule has 0 bridgehead atoms. The molecule has 0 radical (unpaired) electrons. The summed E-state index contributed by atoms with van der Waals surface area (Å²) in [6.45, 7) is 3.47. The Labute approximate surface area is 187 Å². The van der Waals surface area contributed by atoms with Crippen LogP contribution in [0.25, 0.3) is 11.1 Å². The number of hydrogen-bond acceptors (Lipinski definition) is 4. The largest absolute Gasteiger partial charge is 0.481 e. The number of amides is 2. The number of rotatable bonds is 8. The van der Waals surface area contributed by atoms with Crippen LogP contribution in [0.5, 0.6) is 0 Å². The molecule has 0 aromatic heterocycles. The SMILES string of the molecule is CC(C)(CC(=O)O)NC(=O)C(NC(=O)OCC1c2ccccc2-c2ccccc21)C1CC1. The lowest BCUT2D eigenvalue weighted by Crippen LogP contribution is -2.54. The zero-order valence-corrected chi connectivity index (χ0v) is 18.3. The molecule has 1 atom stereocenters. The van der Waals surface area contributed by atoms with Crippen molar-refractivity contribution < 1.29 is 24.2 Å². The molecule has 0 aliphatic heterocycles. The van der Waals surface area contributed by atoms with Crippen LogP contribution in [0.1, 0.15) is 50.2 Å². The van der Waals surface area contributed by atoms with Gasteiger partial charge in [0.2, 0.25) is 5.91 Å². The normalized spacial score (nSPS) is 15.9. The van der Waals surface area contributed by atoms with E-state index < -0.39 is 23.6 Å². The van der Waals surface area contributed by atoms with Crippen molar-refractivity contribution in [1.82, 2.24) is 10.6 Å². The van der Waals surface area contributed by atoms with E-state index in [2.05, 4.69) is 22.8 Å². The Kier molecular flexibility index (Phi) is 5.91. The van der Waals surface area contributed by atoms with E-state index in [9.17, 15) is 14.4 Å². The molecule has 0 saturated heterocycles. The molecule has 4 rings (SSSR count). The molecule has 32 heavy (non-hydrogen) atoms. The summed E-state index contributed by atoms with van der Waals surface area (Å²) in [7, 11) is 0. The number of ether oxygens (including phenoxy) is 1. The summed E-state index contributed by atoms with van der Waals surface area (Å²) in [5.74, 6) is -1.40. The first-order valence-electron chi connectivity index (χ1n) is 10.9. The number of fused-ring (bicyclic) bond motifs is 3. The van der Waals surface area contributed by atoms with Gasteiger partial charge in [0, 0.05) is 11.5 Å². The van der Waals surface area contributed by atoms with Crippen molar-refractivity contribution in [1.29, 1.82) is 0 Å². The lowest BCUT2D eigenvalue weighted by atomic mass is 9.98. The number of benzene rings is 2. The smallest absolute Gasteiger partial charge is 0.407 e. The van der Waals surface area contributed by atoms with Gasteiger partial charge < -0.3 is 20.5 Å².